The molecule has 4 aromatic carbocycles. The maximum Gasteiger partial charge on any atom is 0.0653 e. The first-order valence-electron chi connectivity index (χ1n) is 18.6. The van der Waals surface area contributed by atoms with E-state index in [9.17, 15) is 0 Å². The Bertz CT molecular complexity index is 1670. The summed E-state index contributed by atoms with van der Waals surface area (Å²) in [4.78, 5) is 7.52. The number of fused-ring (bicyclic) bond motifs is 1. The van der Waals surface area contributed by atoms with Crippen molar-refractivity contribution in [1.29, 1.82) is 0 Å². The summed E-state index contributed by atoms with van der Waals surface area (Å²) in [5.41, 5.74) is 14.1. The van der Waals surface area contributed by atoms with Gasteiger partial charge in [-0.25, -0.2) is 0 Å². The summed E-state index contributed by atoms with van der Waals surface area (Å²) in [7, 11) is 0. The molecule has 5 rings (SSSR count). The van der Waals surface area contributed by atoms with Crippen LogP contribution >= 0.6 is 0 Å². The zero-order valence-corrected chi connectivity index (χ0v) is 30.1. The molecule has 4 aromatic rings. The summed E-state index contributed by atoms with van der Waals surface area (Å²) >= 11 is 0. The number of unbranched alkanes of at least 4 members (excludes halogenated alkanes) is 5. The molecular weight excluding hydrogens is 581 g/mol. The molecule has 48 heavy (non-hydrogen) atoms. The predicted octanol–water partition coefficient (Wildman–Crippen LogP) is 12.3. The van der Waals surface area contributed by atoms with Crippen LogP contribution < -0.4 is 4.90 Å². The van der Waals surface area contributed by atoms with Gasteiger partial charge in [-0.1, -0.05) is 136 Å². The summed E-state index contributed by atoms with van der Waals surface area (Å²) in [6.07, 6.45) is 14.5. The molecular formula is C46H56N2. The van der Waals surface area contributed by atoms with Crippen LogP contribution in [0.3, 0.4) is 0 Å². The third-order valence-corrected chi connectivity index (χ3v) is 10.1. The molecule has 250 valence electrons. The standard InChI is InChI=1S/C46H56N2/c1-6-36(5)38-26-22-37(23-27-38)17-13-11-9-10-12-16-34-47-45-33-32-44(42-18-14-15-19-43(42)45)46(39-24-20-35(4)21-25-39)40-28-30-41(31-29-40)48(7-2)8-3/h14-15,18-33,36H,6-13,16-17,34H2,1-5H3. The normalized spacial score (nSPS) is 15.0. The largest absolute Gasteiger partial charge is 0.372 e. The van der Waals surface area contributed by atoms with E-state index in [0.29, 0.717) is 5.92 Å². The van der Waals surface area contributed by atoms with Gasteiger partial charge in [0.1, 0.15) is 0 Å². The molecule has 1 atom stereocenters. The van der Waals surface area contributed by atoms with Crippen molar-refractivity contribution in [2.24, 2.45) is 4.99 Å². The van der Waals surface area contributed by atoms with Crippen molar-refractivity contribution in [1.82, 2.24) is 0 Å². The first-order valence-corrected chi connectivity index (χ1v) is 18.6. The number of allylic oxidation sites excluding steroid dienone is 3. The van der Waals surface area contributed by atoms with Crippen LogP contribution in [0.2, 0.25) is 0 Å². The van der Waals surface area contributed by atoms with E-state index < -0.39 is 0 Å². The molecule has 0 spiro atoms. The average Bonchev–Trinajstić information content (AvgIpc) is 3.13. The van der Waals surface area contributed by atoms with Crippen LogP contribution in [0, 0.1) is 6.92 Å². The van der Waals surface area contributed by atoms with Crippen LogP contribution in [-0.2, 0) is 6.42 Å². The monoisotopic (exact) mass is 636 g/mol. The van der Waals surface area contributed by atoms with E-state index in [0.717, 1.165) is 31.8 Å². The fraction of sp³-hybridized carbons (Fsp3) is 0.370. The van der Waals surface area contributed by atoms with Crippen LogP contribution in [-0.4, -0.2) is 25.3 Å². The molecule has 1 aliphatic carbocycles. The van der Waals surface area contributed by atoms with E-state index >= 15 is 0 Å². The van der Waals surface area contributed by atoms with Gasteiger partial charge in [0.05, 0.1) is 5.71 Å². The Balaban J connectivity index is 1.22. The van der Waals surface area contributed by atoms with Crippen molar-refractivity contribution in [3.8, 4) is 0 Å². The maximum atomic E-state index is 5.13. The molecule has 0 aromatic heterocycles. The molecule has 0 amide bonds. The summed E-state index contributed by atoms with van der Waals surface area (Å²) in [6, 6.07) is 36.3. The lowest BCUT2D eigenvalue weighted by molar-refractivity contribution is 0.598. The van der Waals surface area contributed by atoms with Crippen molar-refractivity contribution in [2.45, 2.75) is 91.9 Å². The van der Waals surface area contributed by atoms with Crippen LogP contribution in [0.25, 0.3) is 11.1 Å². The Morgan fingerprint density at radius 3 is 1.90 bits per heavy atom. The minimum atomic E-state index is 0.658. The minimum absolute atomic E-state index is 0.658. The average molecular weight is 637 g/mol. The minimum Gasteiger partial charge on any atom is -0.372 e. The molecule has 2 heteroatoms. The SMILES string of the molecule is CCC(C)c1ccc(CCCCCCCCN=C2C=CC(=C(c3ccc(C)cc3)c3ccc(N(CC)CC)cc3)c3ccccc32)cc1. The third kappa shape index (κ3) is 9.04. The van der Waals surface area contributed by atoms with E-state index in [4.69, 9.17) is 4.99 Å². The second-order valence-corrected chi connectivity index (χ2v) is 13.4. The summed E-state index contributed by atoms with van der Waals surface area (Å²) in [6.45, 7) is 14.1. The van der Waals surface area contributed by atoms with E-state index in [1.54, 1.807) is 0 Å². The highest BCUT2D eigenvalue weighted by Crippen LogP contribution is 2.38. The number of hydrogen-bond acceptors (Lipinski definition) is 2. The zero-order valence-electron chi connectivity index (χ0n) is 30.1. The number of hydrogen-bond donors (Lipinski definition) is 0. The molecule has 1 aliphatic rings. The highest BCUT2D eigenvalue weighted by atomic mass is 15.1. The molecule has 1 unspecified atom stereocenters. The quantitative estimate of drug-likeness (QED) is 0.112. The fourth-order valence-electron chi connectivity index (χ4n) is 6.86. The van der Waals surface area contributed by atoms with E-state index in [1.165, 1.54) is 101 Å². The number of nitrogens with zero attached hydrogens (tertiary/aromatic N) is 2. The molecule has 0 saturated carbocycles. The molecule has 0 aliphatic heterocycles. The Hall–Kier alpha value is -4.17. The summed E-state index contributed by atoms with van der Waals surface area (Å²) in [5.74, 6) is 0.658. The zero-order chi connectivity index (χ0) is 33.7. The Morgan fingerprint density at radius 2 is 1.25 bits per heavy atom. The van der Waals surface area contributed by atoms with Gasteiger partial charge in [-0.15, -0.1) is 0 Å². The van der Waals surface area contributed by atoms with Gasteiger partial charge < -0.3 is 4.90 Å². The fourth-order valence-corrected chi connectivity index (χ4v) is 6.86. The predicted molar refractivity (Wildman–Crippen MR) is 211 cm³/mol. The van der Waals surface area contributed by atoms with Gasteiger partial charge >= 0.3 is 0 Å². The first kappa shape index (κ1) is 35.1. The van der Waals surface area contributed by atoms with E-state index in [-0.39, 0.29) is 0 Å². The van der Waals surface area contributed by atoms with Gasteiger partial charge in [-0.05, 0) is 110 Å². The van der Waals surface area contributed by atoms with Gasteiger partial charge in [0.2, 0.25) is 0 Å². The molecule has 2 nitrogen and oxygen atoms in total. The highest BCUT2D eigenvalue weighted by Gasteiger charge is 2.20. The molecule has 0 N–H and O–H groups in total. The molecule has 0 saturated heterocycles. The number of aliphatic imine (C=N–C) groups is 1. The molecule has 0 bridgehead atoms. The number of benzene rings is 4. The Morgan fingerprint density at radius 1 is 0.646 bits per heavy atom. The lowest BCUT2D eigenvalue weighted by Crippen LogP contribution is -2.21. The first-order chi connectivity index (χ1) is 23.5. The van der Waals surface area contributed by atoms with Crippen molar-refractivity contribution < 1.29 is 0 Å². The number of aryl methyl sites for hydroxylation is 2. The van der Waals surface area contributed by atoms with Gasteiger partial charge in [-0.2, -0.15) is 0 Å². The van der Waals surface area contributed by atoms with Crippen molar-refractivity contribution >= 4 is 22.5 Å². The topological polar surface area (TPSA) is 15.6 Å². The van der Waals surface area contributed by atoms with Crippen molar-refractivity contribution in [3.63, 3.8) is 0 Å². The molecule has 0 fully saturated rings. The van der Waals surface area contributed by atoms with E-state index in [1.807, 2.05) is 0 Å². The van der Waals surface area contributed by atoms with Gasteiger partial charge in [-0.3, -0.25) is 4.99 Å². The lowest BCUT2D eigenvalue weighted by Gasteiger charge is -2.23. The number of rotatable bonds is 16. The second kappa shape index (κ2) is 17.8. The third-order valence-electron chi connectivity index (χ3n) is 10.1. The van der Waals surface area contributed by atoms with Gasteiger partial charge in [0.25, 0.3) is 0 Å². The summed E-state index contributed by atoms with van der Waals surface area (Å²) < 4.78 is 0. The van der Waals surface area contributed by atoms with Gasteiger partial charge in [0, 0.05) is 30.9 Å². The maximum absolute atomic E-state index is 5.13. The highest BCUT2D eigenvalue weighted by molar-refractivity contribution is 6.19. The number of anilines is 1. The molecule has 0 radical (unpaired) electrons. The van der Waals surface area contributed by atoms with Crippen LogP contribution in [0.15, 0.2) is 114 Å². The Kier molecular flexibility index (Phi) is 13.1. The Labute approximate surface area is 291 Å². The van der Waals surface area contributed by atoms with Crippen molar-refractivity contribution in [3.05, 3.63) is 148 Å². The molecule has 0 heterocycles. The smallest absolute Gasteiger partial charge is 0.0653 e. The van der Waals surface area contributed by atoms with E-state index in [2.05, 4.69) is 149 Å². The van der Waals surface area contributed by atoms with Crippen LogP contribution in [0.1, 0.15) is 118 Å². The van der Waals surface area contributed by atoms with Gasteiger partial charge in [0.15, 0.2) is 0 Å². The second-order valence-electron chi connectivity index (χ2n) is 13.4. The summed E-state index contributed by atoms with van der Waals surface area (Å²) in [5, 5.41) is 0. The van der Waals surface area contributed by atoms with Crippen LogP contribution in [0.5, 0.6) is 0 Å². The lowest BCUT2D eigenvalue weighted by atomic mass is 9.83. The van der Waals surface area contributed by atoms with Crippen molar-refractivity contribution in [2.75, 3.05) is 24.5 Å². The van der Waals surface area contributed by atoms with Crippen LogP contribution in [0.4, 0.5) is 5.69 Å².